The number of rotatable bonds is 9. The summed E-state index contributed by atoms with van der Waals surface area (Å²) < 4.78 is 5.36. The van der Waals surface area contributed by atoms with Gasteiger partial charge in [0.15, 0.2) is 0 Å². The molecule has 24 heavy (non-hydrogen) atoms. The molecule has 0 aliphatic carbocycles. The van der Waals surface area contributed by atoms with Gasteiger partial charge in [0.25, 0.3) is 0 Å². The number of benzene rings is 1. The number of hydrogen-bond donors (Lipinski definition) is 2. The zero-order chi connectivity index (χ0) is 18.1. The van der Waals surface area contributed by atoms with Crippen LogP contribution in [0.1, 0.15) is 46.1 Å². The van der Waals surface area contributed by atoms with Crippen molar-refractivity contribution in [1.29, 1.82) is 0 Å². The molecule has 2 atom stereocenters. The van der Waals surface area contributed by atoms with Crippen molar-refractivity contribution in [2.24, 2.45) is 17.6 Å². The number of ether oxygens (including phenoxy) is 1. The molecule has 3 N–H and O–H groups in total. The third kappa shape index (κ3) is 7.59. The Hall–Kier alpha value is -1.88. The summed E-state index contributed by atoms with van der Waals surface area (Å²) in [5.41, 5.74) is 6.81. The highest BCUT2D eigenvalue weighted by atomic mass is 16.5. The summed E-state index contributed by atoms with van der Waals surface area (Å²) >= 11 is 0. The van der Waals surface area contributed by atoms with Gasteiger partial charge in [-0.3, -0.25) is 4.79 Å². The van der Waals surface area contributed by atoms with Crippen molar-refractivity contribution in [3.05, 3.63) is 35.9 Å². The number of nitrogens with two attached hydrogens (primary N) is 1. The lowest BCUT2D eigenvalue weighted by Gasteiger charge is -2.22. The van der Waals surface area contributed by atoms with Crippen LogP contribution in [0.15, 0.2) is 30.3 Å². The fourth-order valence-corrected chi connectivity index (χ4v) is 2.41. The van der Waals surface area contributed by atoms with Crippen LogP contribution in [-0.2, 0) is 20.9 Å². The van der Waals surface area contributed by atoms with E-state index in [1.807, 2.05) is 58.0 Å². The topological polar surface area (TPSA) is 81.4 Å². The molecule has 0 aliphatic rings. The van der Waals surface area contributed by atoms with Crippen molar-refractivity contribution in [2.45, 2.75) is 59.2 Å². The molecule has 1 aromatic carbocycles. The fraction of sp³-hybridized carbons (Fsp3) is 0.579. The lowest BCUT2D eigenvalue weighted by Crippen LogP contribution is -2.49. The summed E-state index contributed by atoms with van der Waals surface area (Å²) in [6.07, 6.45) is 1.10. The van der Waals surface area contributed by atoms with E-state index in [2.05, 4.69) is 5.32 Å². The van der Waals surface area contributed by atoms with Gasteiger partial charge in [-0.2, -0.15) is 0 Å². The average molecular weight is 334 g/mol. The maximum atomic E-state index is 12.4. The maximum Gasteiger partial charge on any atom is 0.328 e. The molecule has 2 unspecified atom stereocenters. The van der Waals surface area contributed by atoms with E-state index in [1.54, 1.807) is 0 Å². The second kappa shape index (κ2) is 10.1. The molecule has 0 aromatic heterocycles. The summed E-state index contributed by atoms with van der Waals surface area (Å²) in [6.45, 7) is 8.21. The molecular formula is C19H30N2O3. The summed E-state index contributed by atoms with van der Waals surface area (Å²) in [7, 11) is 0. The molecule has 0 spiro atoms. The molecule has 0 fully saturated rings. The molecule has 1 aromatic rings. The van der Waals surface area contributed by atoms with Gasteiger partial charge in [-0.25, -0.2) is 4.79 Å². The molecule has 0 saturated heterocycles. The van der Waals surface area contributed by atoms with Crippen LogP contribution >= 0.6 is 0 Å². The Kier molecular flexibility index (Phi) is 8.47. The molecule has 134 valence electrons. The molecular weight excluding hydrogens is 304 g/mol. The van der Waals surface area contributed by atoms with E-state index >= 15 is 0 Å². The van der Waals surface area contributed by atoms with Crippen molar-refractivity contribution in [2.75, 3.05) is 0 Å². The average Bonchev–Trinajstić information content (AvgIpc) is 2.51. The number of amides is 1. The van der Waals surface area contributed by atoms with Gasteiger partial charge in [-0.15, -0.1) is 0 Å². The minimum Gasteiger partial charge on any atom is -0.459 e. The number of nitrogens with one attached hydrogen (secondary N) is 1. The van der Waals surface area contributed by atoms with Crippen molar-refractivity contribution < 1.29 is 14.3 Å². The van der Waals surface area contributed by atoms with Gasteiger partial charge >= 0.3 is 5.97 Å². The Morgan fingerprint density at radius 2 is 1.62 bits per heavy atom. The van der Waals surface area contributed by atoms with Gasteiger partial charge in [0.2, 0.25) is 5.91 Å². The van der Waals surface area contributed by atoms with E-state index in [4.69, 9.17) is 10.5 Å². The Morgan fingerprint density at radius 1 is 1.04 bits per heavy atom. The fourth-order valence-electron chi connectivity index (χ4n) is 2.41. The lowest BCUT2D eigenvalue weighted by molar-refractivity contribution is -0.149. The van der Waals surface area contributed by atoms with Crippen LogP contribution in [0.25, 0.3) is 0 Å². The van der Waals surface area contributed by atoms with Crippen LogP contribution in [0.3, 0.4) is 0 Å². The Bertz CT molecular complexity index is 515. The van der Waals surface area contributed by atoms with Crippen LogP contribution < -0.4 is 11.1 Å². The first-order chi connectivity index (χ1) is 11.3. The van der Waals surface area contributed by atoms with Gasteiger partial charge in [-0.1, -0.05) is 58.0 Å². The minimum atomic E-state index is -0.667. The second-order valence-electron chi connectivity index (χ2n) is 7.02. The first-order valence-corrected chi connectivity index (χ1v) is 8.56. The highest BCUT2D eigenvalue weighted by molar-refractivity contribution is 5.87. The predicted octanol–water partition coefficient (Wildman–Crippen LogP) is 2.63. The molecule has 1 amide bonds. The quantitative estimate of drug-likeness (QED) is 0.680. The SMILES string of the molecule is CC(C)CC(N)C(=O)NC(CC(C)C)C(=O)OCc1ccccc1. The van der Waals surface area contributed by atoms with Crippen LogP contribution in [0.2, 0.25) is 0 Å². The van der Waals surface area contributed by atoms with E-state index < -0.39 is 18.1 Å². The van der Waals surface area contributed by atoms with Crippen molar-refractivity contribution in [3.8, 4) is 0 Å². The monoisotopic (exact) mass is 334 g/mol. The zero-order valence-corrected chi connectivity index (χ0v) is 15.1. The molecule has 5 nitrogen and oxygen atoms in total. The highest BCUT2D eigenvalue weighted by Gasteiger charge is 2.26. The van der Waals surface area contributed by atoms with Gasteiger partial charge < -0.3 is 15.8 Å². The van der Waals surface area contributed by atoms with Crippen molar-refractivity contribution in [1.82, 2.24) is 5.32 Å². The third-order valence-corrected chi connectivity index (χ3v) is 3.59. The molecule has 1 rings (SSSR count). The normalized spacial score (nSPS) is 13.6. The van der Waals surface area contributed by atoms with Gasteiger partial charge in [0, 0.05) is 0 Å². The van der Waals surface area contributed by atoms with Crippen LogP contribution in [0.4, 0.5) is 0 Å². The molecule has 0 heterocycles. The summed E-state index contributed by atoms with van der Waals surface area (Å²) in [5.74, 6) is -0.149. The number of carbonyl (C=O) groups excluding carboxylic acids is 2. The summed E-state index contributed by atoms with van der Waals surface area (Å²) in [4.78, 5) is 24.6. The first kappa shape index (κ1) is 20.2. The second-order valence-corrected chi connectivity index (χ2v) is 7.02. The number of hydrogen-bond acceptors (Lipinski definition) is 4. The lowest BCUT2D eigenvalue weighted by atomic mass is 10.0. The van der Waals surface area contributed by atoms with Gasteiger partial charge in [0.05, 0.1) is 6.04 Å². The van der Waals surface area contributed by atoms with E-state index in [9.17, 15) is 9.59 Å². The van der Waals surface area contributed by atoms with E-state index in [0.29, 0.717) is 18.8 Å². The largest absolute Gasteiger partial charge is 0.459 e. The Morgan fingerprint density at radius 3 is 2.17 bits per heavy atom. The molecule has 0 bridgehead atoms. The number of carbonyl (C=O) groups is 2. The van der Waals surface area contributed by atoms with Crippen LogP contribution in [0, 0.1) is 11.8 Å². The van der Waals surface area contributed by atoms with E-state index in [1.165, 1.54) is 0 Å². The minimum absolute atomic E-state index is 0.197. The number of esters is 1. The van der Waals surface area contributed by atoms with Gasteiger partial charge in [0.1, 0.15) is 12.6 Å². The van der Waals surface area contributed by atoms with Crippen molar-refractivity contribution >= 4 is 11.9 Å². The maximum absolute atomic E-state index is 12.4. The van der Waals surface area contributed by atoms with Gasteiger partial charge in [-0.05, 0) is 30.2 Å². The van der Waals surface area contributed by atoms with Crippen molar-refractivity contribution in [3.63, 3.8) is 0 Å². The molecule has 0 saturated carbocycles. The smallest absolute Gasteiger partial charge is 0.328 e. The zero-order valence-electron chi connectivity index (χ0n) is 15.1. The third-order valence-electron chi connectivity index (χ3n) is 3.59. The Balaban J connectivity index is 2.62. The first-order valence-electron chi connectivity index (χ1n) is 8.56. The van der Waals surface area contributed by atoms with E-state index in [-0.39, 0.29) is 18.4 Å². The summed E-state index contributed by atoms with van der Waals surface area (Å²) in [6, 6.07) is 8.19. The highest BCUT2D eigenvalue weighted by Crippen LogP contribution is 2.10. The van der Waals surface area contributed by atoms with Crippen LogP contribution in [-0.4, -0.2) is 24.0 Å². The molecule has 0 aliphatic heterocycles. The molecule has 0 radical (unpaired) electrons. The van der Waals surface area contributed by atoms with Crippen LogP contribution in [0.5, 0.6) is 0 Å². The standard InChI is InChI=1S/C19H30N2O3/c1-13(2)10-16(20)18(22)21-17(11-14(3)4)19(23)24-12-15-8-6-5-7-9-15/h5-9,13-14,16-17H,10-12,20H2,1-4H3,(H,21,22). The summed E-state index contributed by atoms with van der Waals surface area (Å²) in [5, 5.41) is 2.75. The van der Waals surface area contributed by atoms with E-state index in [0.717, 1.165) is 5.56 Å². The predicted molar refractivity (Wildman–Crippen MR) is 95.1 cm³/mol. The Labute approximate surface area is 145 Å². The molecule has 5 heteroatoms.